The Balaban J connectivity index is 2.24. The van der Waals surface area contributed by atoms with E-state index in [1.807, 2.05) is 30.3 Å². The van der Waals surface area contributed by atoms with Crippen LogP contribution in [-0.4, -0.2) is 54.3 Å². The van der Waals surface area contributed by atoms with Gasteiger partial charge in [0.15, 0.2) is 0 Å². The second-order valence-electron chi connectivity index (χ2n) is 7.43. The zero-order valence-electron chi connectivity index (χ0n) is 15.9. The first-order valence-corrected chi connectivity index (χ1v) is 8.63. The highest BCUT2D eigenvalue weighted by atomic mass is 19.3. The van der Waals surface area contributed by atoms with Crippen molar-refractivity contribution < 1.29 is 32.6 Å². The first-order valence-electron chi connectivity index (χ1n) is 8.63. The summed E-state index contributed by atoms with van der Waals surface area (Å²) < 4.78 is 43.5. The summed E-state index contributed by atoms with van der Waals surface area (Å²) in [5.74, 6) is -1.19. The van der Waals surface area contributed by atoms with E-state index in [2.05, 4.69) is 4.74 Å². The fourth-order valence-corrected chi connectivity index (χ4v) is 3.01. The molecule has 1 fully saturated rings. The van der Waals surface area contributed by atoms with Gasteiger partial charge in [-0.2, -0.15) is 0 Å². The van der Waals surface area contributed by atoms with E-state index >= 15 is 0 Å². The average Bonchev–Trinajstić information content (AvgIpc) is 3.00. The molecule has 0 bridgehead atoms. The third-order valence-electron chi connectivity index (χ3n) is 4.25. The van der Waals surface area contributed by atoms with Gasteiger partial charge < -0.3 is 14.2 Å². The highest BCUT2D eigenvalue weighted by Crippen LogP contribution is 2.39. The number of ether oxygens (including phenoxy) is 3. The molecule has 1 aromatic carbocycles. The molecule has 2 atom stereocenters. The van der Waals surface area contributed by atoms with Gasteiger partial charge in [0.2, 0.25) is 5.54 Å². The van der Waals surface area contributed by atoms with Crippen LogP contribution in [0.5, 0.6) is 0 Å². The van der Waals surface area contributed by atoms with Crippen molar-refractivity contribution in [3.05, 3.63) is 35.9 Å². The standard InChI is InChI=1S/C19H25F2NO5/c1-18(2,3)27-17(24)22-11-14(26-12-13-8-6-5-7-9-13)10-19(22,15(20)21)16(23)25-4/h5-9,14-15H,10-12H2,1-4H3/t14-,19?/m1/s1. The van der Waals surface area contributed by atoms with Crippen molar-refractivity contribution in [1.82, 2.24) is 4.90 Å². The van der Waals surface area contributed by atoms with Crippen LogP contribution in [0, 0.1) is 0 Å². The molecule has 150 valence electrons. The molecule has 0 aromatic heterocycles. The highest BCUT2D eigenvalue weighted by Gasteiger charge is 2.62. The SMILES string of the molecule is COC(=O)C1(C(F)F)C[C@@H](OCc2ccccc2)CN1C(=O)OC(C)(C)C. The van der Waals surface area contributed by atoms with Gasteiger partial charge >= 0.3 is 12.1 Å². The fourth-order valence-electron chi connectivity index (χ4n) is 3.01. The summed E-state index contributed by atoms with van der Waals surface area (Å²) in [7, 11) is 1.01. The molecule has 6 nitrogen and oxygen atoms in total. The number of carbonyl (C=O) groups is 2. The van der Waals surface area contributed by atoms with Gasteiger partial charge in [0.05, 0.1) is 26.4 Å². The van der Waals surface area contributed by atoms with Crippen molar-refractivity contribution >= 4 is 12.1 Å². The maximum Gasteiger partial charge on any atom is 0.411 e. The van der Waals surface area contributed by atoms with Crippen LogP contribution in [0.15, 0.2) is 30.3 Å². The lowest BCUT2D eigenvalue weighted by atomic mass is 9.96. The average molecular weight is 385 g/mol. The Kier molecular flexibility index (Phi) is 6.41. The third kappa shape index (κ3) is 4.74. The number of benzene rings is 1. The predicted octanol–water partition coefficient (Wildman–Crippen LogP) is 3.39. The lowest BCUT2D eigenvalue weighted by Crippen LogP contribution is -2.59. The summed E-state index contributed by atoms with van der Waals surface area (Å²) in [4.78, 5) is 25.5. The normalized spacial score (nSPS) is 22.8. The largest absolute Gasteiger partial charge is 0.467 e. The van der Waals surface area contributed by atoms with Gasteiger partial charge in [-0.1, -0.05) is 30.3 Å². The summed E-state index contributed by atoms with van der Waals surface area (Å²) in [6, 6.07) is 9.18. The van der Waals surface area contributed by atoms with Crippen LogP contribution >= 0.6 is 0 Å². The Labute approximate surface area is 157 Å². The number of amides is 1. The number of carbonyl (C=O) groups excluding carboxylic acids is 2. The number of halogens is 2. The molecule has 1 aliphatic rings. The summed E-state index contributed by atoms with van der Waals surface area (Å²) >= 11 is 0. The van der Waals surface area contributed by atoms with Gasteiger partial charge in [-0.05, 0) is 26.3 Å². The quantitative estimate of drug-likeness (QED) is 0.727. The van der Waals surface area contributed by atoms with Gasteiger partial charge in [0.1, 0.15) is 5.60 Å². The van der Waals surface area contributed by atoms with Crippen LogP contribution in [-0.2, 0) is 25.6 Å². The number of likely N-dealkylation sites (tertiary alicyclic amines) is 1. The number of methoxy groups -OCH3 is 1. The van der Waals surface area contributed by atoms with E-state index in [-0.39, 0.29) is 19.6 Å². The van der Waals surface area contributed by atoms with Crippen molar-refractivity contribution in [3.8, 4) is 0 Å². The molecule has 0 spiro atoms. The van der Waals surface area contributed by atoms with Crippen molar-refractivity contribution in [2.75, 3.05) is 13.7 Å². The molecular formula is C19H25F2NO5. The van der Waals surface area contributed by atoms with Crippen molar-refractivity contribution in [2.24, 2.45) is 0 Å². The Bertz CT molecular complexity index is 662. The van der Waals surface area contributed by atoms with Crippen molar-refractivity contribution in [1.29, 1.82) is 0 Å². The van der Waals surface area contributed by atoms with Gasteiger partial charge in [-0.15, -0.1) is 0 Å². The molecule has 0 aliphatic carbocycles. The van der Waals surface area contributed by atoms with Crippen molar-refractivity contribution in [2.45, 2.75) is 57.5 Å². The van der Waals surface area contributed by atoms with E-state index in [0.717, 1.165) is 17.6 Å². The van der Waals surface area contributed by atoms with E-state index in [0.29, 0.717) is 0 Å². The first kappa shape index (κ1) is 21.1. The molecule has 1 unspecified atom stereocenters. The number of hydrogen-bond acceptors (Lipinski definition) is 5. The molecule has 0 N–H and O–H groups in total. The van der Waals surface area contributed by atoms with E-state index in [4.69, 9.17) is 9.47 Å². The van der Waals surface area contributed by atoms with E-state index < -0.39 is 35.7 Å². The van der Waals surface area contributed by atoms with Crippen LogP contribution in [0.2, 0.25) is 0 Å². The zero-order chi connectivity index (χ0) is 20.2. The lowest BCUT2D eigenvalue weighted by molar-refractivity contribution is -0.163. The Morgan fingerprint density at radius 1 is 1.26 bits per heavy atom. The molecule has 2 rings (SSSR count). The Morgan fingerprint density at radius 2 is 1.89 bits per heavy atom. The minimum Gasteiger partial charge on any atom is -0.467 e. The molecule has 0 radical (unpaired) electrons. The topological polar surface area (TPSA) is 65.1 Å². The molecule has 1 aliphatic heterocycles. The maximum atomic E-state index is 14.0. The van der Waals surface area contributed by atoms with Gasteiger partial charge in [-0.25, -0.2) is 18.4 Å². The highest BCUT2D eigenvalue weighted by molar-refractivity contribution is 5.87. The monoisotopic (exact) mass is 385 g/mol. The molecule has 1 saturated heterocycles. The van der Waals surface area contributed by atoms with Gasteiger partial charge in [-0.3, -0.25) is 4.90 Å². The molecule has 1 heterocycles. The number of esters is 1. The second kappa shape index (κ2) is 8.21. The van der Waals surface area contributed by atoms with Crippen LogP contribution in [0.25, 0.3) is 0 Å². The molecular weight excluding hydrogens is 360 g/mol. The van der Waals surface area contributed by atoms with E-state index in [1.54, 1.807) is 20.8 Å². The summed E-state index contributed by atoms with van der Waals surface area (Å²) in [5.41, 5.74) is -2.48. The second-order valence-corrected chi connectivity index (χ2v) is 7.43. The number of hydrogen-bond donors (Lipinski definition) is 0. The maximum absolute atomic E-state index is 14.0. The van der Waals surface area contributed by atoms with Gasteiger partial charge in [0.25, 0.3) is 6.43 Å². The number of alkyl halides is 2. The molecule has 8 heteroatoms. The third-order valence-corrected chi connectivity index (χ3v) is 4.25. The predicted molar refractivity (Wildman–Crippen MR) is 93.3 cm³/mol. The van der Waals surface area contributed by atoms with Crippen LogP contribution in [0.1, 0.15) is 32.8 Å². The smallest absolute Gasteiger partial charge is 0.411 e. The zero-order valence-corrected chi connectivity index (χ0v) is 15.9. The Morgan fingerprint density at radius 3 is 2.41 bits per heavy atom. The molecule has 1 amide bonds. The number of rotatable bonds is 5. The minimum atomic E-state index is -3.15. The van der Waals surface area contributed by atoms with E-state index in [1.165, 1.54) is 0 Å². The summed E-state index contributed by atoms with van der Waals surface area (Å²) in [5, 5.41) is 0. The first-order chi connectivity index (χ1) is 12.6. The summed E-state index contributed by atoms with van der Waals surface area (Å²) in [6.07, 6.45) is -5.28. The van der Waals surface area contributed by atoms with Gasteiger partial charge in [0, 0.05) is 6.42 Å². The number of nitrogens with zero attached hydrogens (tertiary/aromatic N) is 1. The Hall–Kier alpha value is -2.22. The lowest BCUT2D eigenvalue weighted by Gasteiger charge is -2.35. The van der Waals surface area contributed by atoms with E-state index in [9.17, 15) is 18.4 Å². The summed E-state index contributed by atoms with van der Waals surface area (Å²) in [6.45, 7) is 4.83. The minimum absolute atomic E-state index is 0.175. The van der Waals surface area contributed by atoms with Crippen LogP contribution in [0.3, 0.4) is 0 Å². The molecule has 1 aromatic rings. The van der Waals surface area contributed by atoms with Crippen LogP contribution in [0.4, 0.5) is 13.6 Å². The van der Waals surface area contributed by atoms with Crippen LogP contribution < -0.4 is 0 Å². The molecule has 0 saturated carbocycles. The van der Waals surface area contributed by atoms with Crippen molar-refractivity contribution in [3.63, 3.8) is 0 Å². The molecule has 27 heavy (non-hydrogen) atoms. The fraction of sp³-hybridized carbons (Fsp3) is 0.579.